The van der Waals surface area contributed by atoms with Crippen molar-refractivity contribution in [3.63, 3.8) is 0 Å². The van der Waals surface area contributed by atoms with E-state index in [1.165, 1.54) is 0 Å². The Balaban J connectivity index is 1.70. The number of carbonyl (C=O) groups is 1. The lowest BCUT2D eigenvalue weighted by molar-refractivity contribution is 0.0950. The molecule has 2 N–H and O–H groups in total. The van der Waals surface area contributed by atoms with Crippen LogP contribution in [0.2, 0.25) is 0 Å². The molecular weight excluding hydrogens is 302 g/mol. The highest BCUT2D eigenvalue weighted by molar-refractivity contribution is 5.96. The first-order valence-electron chi connectivity index (χ1n) is 7.68. The van der Waals surface area contributed by atoms with Crippen molar-refractivity contribution < 1.29 is 9.53 Å². The minimum atomic E-state index is -0.0888. The molecule has 1 aromatic heterocycles. The molecule has 1 amide bonds. The maximum absolute atomic E-state index is 12.4. The zero-order valence-electron chi connectivity index (χ0n) is 13.7. The van der Waals surface area contributed by atoms with Crippen LogP contribution in [0.5, 0.6) is 5.75 Å². The maximum Gasteiger partial charge on any atom is 0.251 e. The van der Waals surface area contributed by atoms with E-state index in [4.69, 9.17) is 4.74 Å². The molecule has 5 nitrogen and oxygen atoms in total. The first-order valence-corrected chi connectivity index (χ1v) is 7.68. The molecule has 0 aliphatic carbocycles. The zero-order valence-corrected chi connectivity index (χ0v) is 13.7. The fourth-order valence-corrected chi connectivity index (χ4v) is 2.57. The van der Waals surface area contributed by atoms with E-state index < -0.39 is 0 Å². The van der Waals surface area contributed by atoms with Gasteiger partial charge in [-0.15, -0.1) is 0 Å². The summed E-state index contributed by atoms with van der Waals surface area (Å²) in [7, 11) is 1.63. The molecule has 0 spiro atoms. The Morgan fingerprint density at radius 1 is 1.21 bits per heavy atom. The number of nitrogens with one attached hydrogen (secondary N) is 2. The number of carbonyl (C=O) groups excluding carboxylic acids is 1. The standard InChI is InChI=1S/C19H19N3O2/c1-13-8-15(16-11-21-22-12-16)6-7-18(13)19(23)20-10-14-4-3-5-17(9-14)24-2/h3-9,11-12H,10H2,1-2H3,(H,20,23)(H,21,22). The predicted octanol–water partition coefficient (Wildman–Crippen LogP) is 3.32. The van der Waals surface area contributed by atoms with E-state index in [1.54, 1.807) is 13.3 Å². The van der Waals surface area contributed by atoms with Crippen molar-refractivity contribution in [2.45, 2.75) is 13.5 Å². The molecule has 0 unspecified atom stereocenters. The van der Waals surface area contributed by atoms with Gasteiger partial charge >= 0.3 is 0 Å². The van der Waals surface area contributed by atoms with Gasteiger partial charge in [0.1, 0.15) is 5.75 Å². The van der Waals surface area contributed by atoms with Gasteiger partial charge in [0, 0.05) is 23.9 Å². The maximum atomic E-state index is 12.4. The van der Waals surface area contributed by atoms with Gasteiger partial charge in [-0.25, -0.2) is 0 Å². The highest BCUT2D eigenvalue weighted by atomic mass is 16.5. The molecule has 5 heteroatoms. The van der Waals surface area contributed by atoms with Crippen LogP contribution in [-0.2, 0) is 6.54 Å². The van der Waals surface area contributed by atoms with Crippen LogP contribution >= 0.6 is 0 Å². The Bertz CT molecular complexity index is 842. The molecule has 1 heterocycles. The second-order valence-corrected chi connectivity index (χ2v) is 5.55. The molecule has 0 saturated heterocycles. The fourth-order valence-electron chi connectivity index (χ4n) is 2.57. The van der Waals surface area contributed by atoms with Crippen molar-refractivity contribution in [3.05, 3.63) is 71.5 Å². The third-order valence-corrected chi connectivity index (χ3v) is 3.89. The molecule has 0 bridgehead atoms. The monoisotopic (exact) mass is 321 g/mol. The second-order valence-electron chi connectivity index (χ2n) is 5.55. The number of benzene rings is 2. The smallest absolute Gasteiger partial charge is 0.251 e. The number of rotatable bonds is 5. The lowest BCUT2D eigenvalue weighted by Crippen LogP contribution is -2.23. The number of hydrogen-bond acceptors (Lipinski definition) is 3. The van der Waals surface area contributed by atoms with E-state index in [2.05, 4.69) is 15.5 Å². The van der Waals surface area contributed by atoms with Gasteiger partial charge in [0.05, 0.1) is 13.3 Å². The van der Waals surface area contributed by atoms with E-state index in [1.807, 2.05) is 55.6 Å². The van der Waals surface area contributed by atoms with Crippen molar-refractivity contribution >= 4 is 5.91 Å². The number of aryl methyl sites for hydroxylation is 1. The average Bonchev–Trinajstić information content (AvgIpc) is 3.14. The topological polar surface area (TPSA) is 67.0 Å². The Morgan fingerprint density at radius 2 is 2.08 bits per heavy atom. The number of aromatic nitrogens is 2. The summed E-state index contributed by atoms with van der Waals surface area (Å²) in [6, 6.07) is 13.4. The molecule has 3 rings (SSSR count). The number of ether oxygens (including phenoxy) is 1. The molecule has 0 saturated carbocycles. The molecule has 2 aromatic carbocycles. The largest absolute Gasteiger partial charge is 0.497 e. The summed E-state index contributed by atoms with van der Waals surface area (Å²) in [5.41, 5.74) is 4.63. The minimum absolute atomic E-state index is 0.0888. The van der Waals surface area contributed by atoms with Crippen LogP contribution in [-0.4, -0.2) is 23.2 Å². The predicted molar refractivity (Wildman–Crippen MR) is 92.9 cm³/mol. The highest BCUT2D eigenvalue weighted by Gasteiger charge is 2.10. The van der Waals surface area contributed by atoms with Gasteiger partial charge in [-0.1, -0.05) is 24.3 Å². The van der Waals surface area contributed by atoms with Gasteiger partial charge in [-0.3, -0.25) is 9.89 Å². The SMILES string of the molecule is COc1cccc(CNC(=O)c2ccc(-c3cn[nH]c3)cc2C)c1. The lowest BCUT2D eigenvalue weighted by Gasteiger charge is -2.10. The molecule has 0 aliphatic heterocycles. The molecule has 0 aliphatic rings. The van der Waals surface area contributed by atoms with E-state index in [0.717, 1.165) is 28.0 Å². The van der Waals surface area contributed by atoms with E-state index >= 15 is 0 Å². The molecule has 0 radical (unpaired) electrons. The molecule has 24 heavy (non-hydrogen) atoms. The quantitative estimate of drug-likeness (QED) is 0.757. The third kappa shape index (κ3) is 3.46. The van der Waals surface area contributed by atoms with Gasteiger partial charge in [0.15, 0.2) is 0 Å². The lowest BCUT2D eigenvalue weighted by atomic mass is 10.0. The summed E-state index contributed by atoms with van der Waals surface area (Å²) in [6.07, 6.45) is 3.59. The van der Waals surface area contributed by atoms with Gasteiger partial charge in [0.25, 0.3) is 5.91 Å². The van der Waals surface area contributed by atoms with Crippen LogP contribution in [0.4, 0.5) is 0 Å². The minimum Gasteiger partial charge on any atom is -0.497 e. The Hall–Kier alpha value is -3.08. The van der Waals surface area contributed by atoms with Crippen molar-refractivity contribution in [2.75, 3.05) is 7.11 Å². The zero-order chi connectivity index (χ0) is 16.9. The summed E-state index contributed by atoms with van der Waals surface area (Å²) in [5, 5.41) is 9.69. The second kappa shape index (κ2) is 7.00. The van der Waals surface area contributed by atoms with Crippen LogP contribution in [0, 0.1) is 6.92 Å². The average molecular weight is 321 g/mol. The van der Waals surface area contributed by atoms with Gasteiger partial charge in [-0.2, -0.15) is 5.10 Å². The molecule has 0 fully saturated rings. The summed E-state index contributed by atoms with van der Waals surface area (Å²) >= 11 is 0. The van der Waals surface area contributed by atoms with Gasteiger partial charge < -0.3 is 10.1 Å². The third-order valence-electron chi connectivity index (χ3n) is 3.89. The van der Waals surface area contributed by atoms with Crippen LogP contribution in [0.25, 0.3) is 11.1 Å². The van der Waals surface area contributed by atoms with Gasteiger partial charge in [-0.05, 0) is 41.8 Å². The van der Waals surface area contributed by atoms with Crippen molar-refractivity contribution in [2.24, 2.45) is 0 Å². The summed E-state index contributed by atoms with van der Waals surface area (Å²) in [4.78, 5) is 12.4. The van der Waals surface area contributed by atoms with Gasteiger partial charge in [0.2, 0.25) is 0 Å². The van der Waals surface area contributed by atoms with Crippen LogP contribution < -0.4 is 10.1 Å². The molecule has 122 valence electrons. The van der Waals surface area contributed by atoms with E-state index in [9.17, 15) is 4.79 Å². The van der Waals surface area contributed by atoms with E-state index in [-0.39, 0.29) is 5.91 Å². The number of hydrogen-bond donors (Lipinski definition) is 2. The number of H-pyrrole nitrogens is 1. The normalized spacial score (nSPS) is 10.4. The number of methoxy groups -OCH3 is 1. The molecule has 0 atom stereocenters. The molecule has 3 aromatic rings. The first kappa shape index (κ1) is 15.8. The van der Waals surface area contributed by atoms with Crippen molar-refractivity contribution in [1.82, 2.24) is 15.5 Å². The Morgan fingerprint density at radius 3 is 2.79 bits per heavy atom. The Labute approximate surface area is 140 Å². The molecular formula is C19H19N3O2. The van der Waals surface area contributed by atoms with E-state index in [0.29, 0.717) is 12.1 Å². The van der Waals surface area contributed by atoms with Crippen LogP contribution in [0.15, 0.2) is 54.9 Å². The first-order chi connectivity index (χ1) is 11.7. The van der Waals surface area contributed by atoms with Crippen molar-refractivity contribution in [3.8, 4) is 16.9 Å². The summed E-state index contributed by atoms with van der Waals surface area (Å²) < 4.78 is 5.19. The number of amides is 1. The fraction of sp³-hybridized carbons (Fsp3) is 0.158. The highest BCUT2D eigenvalue weighted by Crippen LogP contribution is 2.21. The van der Waals surface area contributed by atoms with Crippen LogP contribution in [0.3, 0.4) is 0 Å². The Kier molecular flexibility index (Phi) is 4.61. The van der Waals surface area contributed by atoms with Crippen molar-refractivity contribution in [1.29, 1.82) is 0 Å². The summed E-state index contributed by atoms with van der Waals surface area (Å²) in [5.74, 6) is 0.691. The summed E-state index contributed by atoms with van der Waals surface area (Å²) in [6.45, 7) is 2.39. The number of nitrogens with zero attached hydrogens (tertiary/aromatic N) is 1. The number of aromatic amines is 1. The van der Waals surface area contributed by atoms with Crippen LogP contribution in [0.1, 0.15) is 21.5 Å².